The molecule has 13 nitrogen and oxygen atoms in total. The first-order valence-electron chi connectivity index (χ1n) is 14.6. The molecule has 1 saturated carbocycles. The van der Waals surface area contributed by atoms with Gasteiger partial charge in [0.1, 0.15) is 41.8 Å². The van der Waals surface area contributed by atoms with Gasteiger partial charge in [0, 0.05) is 11.8 Å². The Kier molecular flexibility index (Phi) is 9.04. The van der Waals surface area contributed by atoms with Gasteiger partial charge in [-0.05, 0) is 55.7 Å². The third-order valence-electron chi connectivity index (χ3n) is 7.87. The summed E-state index contributed by atoms with van der Waals surface area (Å²) in [5.41, 5.74) is 6.62. The summed E-state index contributed by atoms with van der Waals surface area (Å²) in [7, 11) is -4.31. The van der Waals surface area contributed by atoms with Crippen molar-refractivity contribution in [3.05, 3.63) is 54.1 Å². The van der Waals surface area contributed by atoms with E-state index in [2.05, 4.69) is 20.0 Å². The van der Waals surface area contributed by atoms with Gasteiger partial charge in [0.2, 0.25) is 5.28 Å². The smallest absolute Gasteiger partial charge is 0.459 e. The normalized spacial score (nSPS) is 23.0. The molecule has 6 rings (SSSR count). The molecule has 5 atom stereocenters. The molecule has 3 heterocycles. The lowest BCUT2D eigenvalue weighted by molar-refractivity contribution is -0.152. The number of imidazole rings is 1. The lowest BCUT2D eigenvalue weighted by Crippen LogP contribution is -2.39. The molecular weight excluding hydrogens is 611 g/mol. The summed E-state index contributed by atoms with van der Waals surface area (Å²) in [6.07, 6.45) is 3.56. The van der Waals surface area contributed by atoms with Crippen LogP contribution in [-0.4, -0.2) is 61.6 Å². The zero-order valence-electron chi connectivity index (χ0n) is 24.0. The maximum Gasteiger partial charge on any atom is 0.459 e. The number of fused-ring (bicyclic) bond motifs is 2. The molecule has 0 amide bonds. The minimum atomic E-state index is -4.31. The molecule has 4 aromatic rings. The number of aliphatic hydroxyl groups is 1. The summed E-state index contributed by atoms with van der Waals surface area (Å²) in [6, 6.07) is 11.8. The fourth-order valence-corrected chi connectivity index (χ4v) is 7.57. The van der Waals surface area contributed by atoms with Gasteiger partial charge in [-0.2, -0.15) is 15.1 Å². The van der Waals surface area contributed by atoms with Crippen molar-refractivity contribution in [3.8, 4) is 5.75 Å². The number of ether oxygens (including phenoxy) is 2. The van der Waals surface area contributed by atoms with Crippen molar-refractivity contribution in [2.45, 2.75) is 76.0 Å². The highest BCUT2D eigenvalue weighted by Gasteiger charge is 2.44. The summed E-state index contributed by atoms with van der Waals surface area (Å²) < 4.78 is 40.2. The average molecular weight is 645 g/mol. The van der Waals surface area contributed by atoms with Gasteiger partial charge in [-0.3, -0.25) is 13.9 Å². The average Bonchev–Trinajstić information content (AvgIpc) is 3.61. The van der Waals surface area contributed by atoms with Gasteiger partial charge in [-0.25, -0.2) is 9.55 Å². The van der Waals surface area contributed by atoms with Crippen LogP contribution in [-0.2, 0) is 23.4 Å². The number of carbonyl (C=O) groups is 1. The molecule has 1 unspecified atom stereocenters. The molecule has 0 bridgehead atoms. The molecule has 2 aliphatic rings. The number of anilines is 1. The first-order chi connectivity index (χ1) is 21.2. The highest BCUT2D eigenvalue weighted by Crippen LogP contribution is 2.50. The predicted octanol–water partition coefficient (Wildman–Crippen LogP) is 4.92. The van der Waals surface area contributed by atoms with Crippen LogP contribution in [0.15, 0.2) is 48.8 Å². The molecule has 2 aromatic carbocycles. The number of nitrogens with two attached hydrogens (primary N) is 1. The number of rotatable bonds is 10. The van der Waals surface area contributed by atoms with Gasteiger partial charge < -0.3 is 24.8 Å². The Hall–Kier alpha value is -3.32. The number of nitrogen functional groups attached to an aromatic ring is 1. The number of benzene rings is 2. The van der Waals surface area contributed by atoms with Crippen LogP contribution in [0.25, 0.3) is 21.9 Å². The minimum Gasteiger partial charge on any atom is -0.461 e. The largest absolute Gasteiger partial charge is 0.461 e. The second-order valence-electron chi connectivity index (χ2n) is 11.0. The van der Waals surface area contributed by atoms with Crippen LogP contribution in [0, 0.1) is 0 Å². The second kappa shape index (κ2) is 13.0. The summed E-state index contributed by atoms with van der Waals surface area (Å²) in [5.74, 6) is -0.153. The number of nitrogens with one attached hydrogen (secondary N) is 1. The van der Waals surface area contributed by atoms with E-state index in [0.29, 0.717) is 22.3 Å². The Bertz CT molecular complexity index is 1690. The third-order valence-corrected chi connectivity index (χ3v) is 9.73. The van der Waals surface area contributed by atoms with Crippen LogP contribution < -0.4 is 15.3 Å². The minimum absolute atomic E-state index is 0.0625. The van der Waals surface area contributed by atoms with E-state index in [1.54, 1.807) is 23.6 Å². The standard InChI is InChI=1S/C29H34ClN6O7P/c1-17(28(38)40-19-10-3-2-4-11-19)35-44(39,42-21-13-7-9-18-8-5-6-12-20(18)21)43-22-14-24(41-23(22)15-37)36-16-32-25-26(31)33-29(30)34-27(25)36/h5-9,12-13,16-17,19,22-24,37H,2-4,10-11,14-15H2,1H3,(H,35,39)(H2,31,33,34)/t17-,22+,23+,24+,44?/m0/s1. The summed E-state index contributed by atoms with van der Waals surface area (Å²) in [4.78, 5) is 25.5. The number of esters is 1. The molecule has 44 heavy (non-hydrogen) atoms. The molecule has 1 aliphatic carbocycles. The zero-order valence-corrected chi connectivity index (χ0v) is 25.7. The lowest BCUT2D eigenvalue weighted by Gasteiger charge is -2.28. The van der Waals surface area contributed by atoms with Crippen molar-refractivity contribution in [3.63, 3.8) is 0 Å². The summed E-state index contributed by atoms with van der Waals surface area (Å²) in [5, 5.41) is 14.5. The Labute approximate surface area is 258 Å². The fraction of sp³-hybridized carbons (Fsp3) is 0.448. The SMILES string of the molecule is C[C@H](NP(=O)(Oc1cccc2ccccc12)O[C@@H]1C[C@H](n2cnc3c(N)nc(Cl)nc32)O[C@@H]1CO)C(=O)OC1CCCCC1. The molecule has 2 fully saturated rings. The number of aliphatic hydroxyl groups excluding tert-OH is 1. The van der Waals surface area contributed by atoms with Gasteiger partial charge in [0.25, 0.3) is 0 Å². The molecule has 0 radical (unpaired) electrons. The molecule has 1 aliphatic heterocycles. The van der Waals surface area contributed by atoms with Gasteiger partial charge in [0.15, 0.2) is 11.5 Å². The quantitative estimate of drug-likeness (QED) is 0.121. The number of carbonyl (C=O) groups excluding carboxylic acids is 1. The van der Waals surface area contributed by atoms with Crippen molar-refractivity contribution in [1.82, 2.24) is 24.6 Å². The van der Waals surface area contributed by atoms with E-state index in [9.17, 15) is 14.5 Å². The zero-order chi connectivity index (χ0) is 30.8. The number of halogens is 1. The number of hydrogen-bond acceptors (Lipinski definition) is 11. The van der Waals surface area contributed by atoms with E-state index >= 15 is 0 Å². The second-order valence-corrected chi connectivity index (χ2v) is 13.0. The number of aromatic nitrogens is 4. The van der Waals surface area contributed by atoms with E-state index < -0.39 is 44.8 Å². The number of hydrogen-bond donors (Lipinski definition) is 3. The Balaban J connectivity index is 1.27. The van der Waals surface area contributed by atoms with Crippen LogP contribution in [0.2, 0.25) is 5.28 Å². The number of nitrogens with zero attached hydrogens (tertiary/aromatic N) is 4. The summed E-state index contributed by atoms with van der Waals surface area (Å²) >= 11 is 6.04. The topological polar surface area (TPSA) is 173 Å². The van der Waals surface area contributed by atoms with Crippen molar-refractivity contribution < 1.29 is 33.0 Å². The molecule has 4 N–H and O–H groups in total. The molecular formula is C29H34ClN6O7P. The van der Waals surface area contributed by atoms with Crippen LogP contribution in [0.1, 0.15) is 51.7 Å². The Morgan fingerprint density at radius 1 is 1.20 bits per heavy atom. The van der Waals surface area contributed by atoms with Crippen molar-refractivity contribution >= 4 is 53.1 Å². The summed E-state index contributed by atoms with van der Waals surface area (Å²) in [6.45, 7) is 1.11. The van der Waals surface area contributed by atoms with Crippen molar-refractivity contribution in [1.29, 1.82) is 0 Å². The Morgan fingerprint density at radius 2 is 1.98 bits per heavy atom. The van der Waals surface area contributed by atoms with Crippen LogP contribution in [0.4, 0.5) is 5.82 Å². The van der Waals surface area contributed by atoms with Gasteiger partial charge in [-0.1, -0.05) is 42.8 Å². The fourth-order valence-electron chi connectivity index (χ4n) is 5.67. The Morgan fingerprint density at radius 3 is 2.77 bits per heavy atom. The molecule has 1 saturated heterocycles. The van der Waals surface area contributed by atoms with Gasteiger partial charge >= 0.3 is 13.7 Å². The monoisotopic (exact) mass is 644 g/mol. The van der Waals surface area contributed by atoms with Crippen molar-refractivity contribution in [2.75, 3.05) is 12.3 Å². The predicted molar refractivity (Wildman–Crippen MR) is 163 cm³/mol. The molecule has 234 valence electrons. The molecule has 2 aromatic heterocycles. The van der Waals surface area contributed by atoms with Gasteiger partial charge in [0.05, 0.1) is 12.9 Å². The molecule has 0 spiro atoms. The van der Waals surface area contributed by atoms with E-state index in [1.807, 2.05) is 30.3 Å². The first-order valence-corrected chi connectivity index (χ1v) is 16.5. The lowest BCUT2D eigenvalue weighted by atomic mass is 9.98. The van der Waals surface area contributed by atoms with Gasteiger partial charge in [-0.15, -0.1) is 0 Å². The maximum absolute atomic E-state index is 14.6. The van der Waals surface area contributed by atoms with E-state index in [0.717, 1.165) is 37.5 Å². The van der Waals surface area contributed by atoms with Crippen LogP contribution in [0.3, 0.4) is 0 Å². The first kappa shape index (κ1) is 30.7. The highest BCUT2D eigenvalue weighted by molar-refractivity contribution is 7.52. The maximum atomic E-state index is 14.6. The van der Waals surface area contributed by atoms with E-state index in [-0.39, 0.29) is 23.6 Å². The third kappa shape index (κ3) is 6.53. The van der Waals surface area contributed by atoms with Crippen LogP contribution >= 0.6 is 19.3 Å². The van der Waals surface area contributed by atoms with E-state index in [1.165, 1.54) is 6.33 Å². The van der Waals surface area contributed by atoms with E-state index in [4.69, 9.17) is 35.9 Å². The highest BCUT2D eigenvalue weighted by atomic mass is 35.5. The van der Waals surface area contributed by atoms with Crippen molar-refractivity contribution in [2.24, 2.45) is 0 Å². The van der Waals surface area contributed by atoms with Crippen LogP contribution in [0.5, 0.6) is 5.75 Å². The molecule has 15 heteroatoms.